The molecule has 6 nitrogen and oxygen atoms in total. The topological polar surface area (TPSA) is 85.2 Å². The second-order valence-corrected chi connectivity index (χ2v) is 11.0. The van der Waals surface area contributed by atoms with Gasteiger partial charge in [0.15, 0.2) is 5.75 Å². The maximum atomic E-state index is 11.6. The van der Waals surface area contributed by atoms with Crippen LogP contribution in [0.1, 0.15) is 83.8 Å². The molecule has 0 unspecified atom stereocenters. The summed E-state index contributed by atoms with van der Waals surface area (Å²) in [4.78, 5) is 11.6. The predicted octanol–water partition coefficient (Wildman–Crippen LogP) is 7.11. The number of benzene rings is 2. The van der Waals surface area contributed by atoms with E-state index in [0.717, 1.165) is 30.4 Å². The zero-order valence-corrected chi connectivity index (χ0v) is 24.5. The maximum absolute atomic E-state index is 11.6. The van der Waals surface area contributed by atoms with E-state index in [2.05, 4.69) is 20.8 Å². The van der Waals surface area contributed by atoms with Crippen LogP contribution in [-0.4, -0.2) is 48.2 Å². The first-order chi connectivity index (χ1) is 18.1. The second kappa shape index (κ2) is 16.2. The monoisotopic (exact) mass is 568 g/mol. The molecule has 0 aliphatic rings. The van der Waals surface area contributed by atoms with Gasteiger partial charge in [0.25, 0.3) is 0 Å². The van der Waals surface area contributed by atoms with Crippen LogP contribution in [0.25, 0.3) is 0 Å². The molecule has 0 aromatic heterocycles. The average Bonchev–Trinajstić information content (AvgIpc) is 2.88. The molecule has 0 bridgehead atoms. The molecule has 0 spiro atoms. The molecule has 212 valence electrons. The molecular weight excluding hydrogens is 527 g/mol. The standard InChI is InChI=1S/C30H42Cl2O6/c1-5-6-7-8-9-10-11-26(38-21(2)34)20-37-29-27(31)16-23(17-28(29)32)30(3,4)22-12-14-25(15-13-22)36-19-24(35)18-33/h12-17,24,26,33,35H,5-11,18-20H2,1-4H3/t24-,26+/m0/s1. The third kappa shape index (κ3) is 10.3. The molecule has 2 rings (SSSR count). The molecule has 8 heteroatoms. The summed E-state index contributed by atoms with van der Waals surface area (Å²) in [6, 6.07) is 11.2. The number of aliphatic hydroxyl groups is 2. The van der Waals surface area contributed by atoms with Gasteiger partial charge in [-0.1, -0.05) is 88.2 Å². The SMILES string of the molecule is CCCCCCCC[C@H](COc1c(Cl)cc(C(C)(C)c2ccc(OC[C@@H](O)CO)cc2)cc1Cl)OC(C)=O. The fourth-order valence-electron chi connectivity index (χ4n) is 4.18. The van der Waals surface area contributed by atoms with Gasteiger partial charge in [0.1, 0.15) is 31.2 Å². The van der Waals surface area contributed by atoms with E-state index in [1.807, 2.05) is 36.4 Å². The maximum Gasteiger partial charge on any atom is 0.303 e. The number of esters is 1. The van der Waals surface area contributed by atoms with Crippen molar-refractivity contribution in [3.05, 3.63) is 57.6 Å². The summed E-state index contributed by atoms with van der Waals surface area (Å²) >= 11 is 13.2. The first-order valence-corrected chi connectivity index (χ1v) is 14.2. The number of rotatable bonds is 17. The van der Waals surface area contributed by atoms with Gasteiger partial charge in [0, 0.05) is 12.3 Å². The minimum atomic E-state index is -0.920. The zero-order valence-electron chi connectivity index (χ0n) is 23.0. The number of hydrogen-bond acceptors (Lipinski definition) is 6. The molecule has 0 aliphatic carbocycles. The number of hydrogen-bond donors (Lipinski definition) is 2. The molecule has 0 saturated carbocycles. The largest absolute Gasteiger partial charge is 0.491 e. The molecule has 2 N–H and O–H groups in total. The van der Waals surface area contributed by atoms with Crippen LogP contribution >= 0.6 is 23.2 Å². The summed E-state index contributed by atoms with van der Waals surface area (Å²) in [7, 11) is 0. The Kier molecular flexibility index (Phi) is 13.7. The third-order valence-corrected chi connectivity index (χ3v) is 7.14. The normalized spacial score (nSPS) is 13.2. The summed E-state index contributed by atoms with van der Waals surface area (Å²) < 4.78 is 17.0. The van der Waals surface area contributed by atoms with Gasteiger partial charge in [-0.25, -0.2) is 0 Å². The fourth-order valence-corrected chi connectivity index (χ4v) is 4.77. The zero-order chi connectivity index (χ0) is 28.1. The van der Waals surface area contributed by atoms with Crippen molar-refractivity contribution in [2.24, 2.45) is 0 Å². The molecular formula is C30H42Cl2O6. The van der Waals surface area contributed by atoms with Gasteiger partial charge in [0.05, 0.1) is 16.7 Å². The van der Waals surface area contributed by atoms with Crippen LogP contribution in [0.2, 0.25) is 10.0 Å². The number of carbonyl (C=O) groups is 1. The molecule has 2 aromatic carbocycles. The first kappa shape index (κ1) is 32.2. The van der Waals surface area contributed by atoms with Crippen molar-refractivity contribution in [2.45, 2.75) is 90.3 Å². The smallest absolute Gasteiger partial charge is 0.303 e. The average molecular weight is 570 g/mol. The van der Waals surface area contributed by atoms with Crippen molar-refractivity contribution < 1.29 is 29.2 Å². The van der Waals surface area contributed by atoms with E-state index < -0.39 is 11.5 Å². The van der Waals surface area contributed by atoms with Crippen LogP contribution in [0.3, 0.4) is 0 Å². The van der Waals surface area contributed by atoms with Crippen molar-refractivity contribution in [3.8, 4) is 11.5 Å². The number of aliphatic hydroxyl groups excluding tert-OH is 2. The highest BCUT2D eigenvalue weighted by Crippen LogP contribution is 2.41. The lowest BCUT2D eigenvalue weighted by Crippen LogP contribution is -2.24. The number of ether oxygens (including phenoxy) is 3. The van der Waals surface area contributed by atoms with E-state index in [9.17, 15) is 9.90 Å². The first-order valence-electron chi connectivity index (χ1n) is 13.4. The Hall–Kier alpha value is -1.99. The number of carbonyl (C=O) groups excluding carboxylic acids is 1. The van der Waals surface area contributed by atoms with Crippen LogP contribution in [-0.2, 0) is 14.9 Å². The second-order valence-electron chi connectivity index (χ2n) is 10.2. The molecule has 38 heavy (non-hydrogen) atoms. The quantitative estimate of drug-likeness (QED) is 0.156. The summed E-state index contributed by atoms with van der Waals surface area (Å²) in [5.41, 5.74) is 1.50. The van der Waals surface area contributed by atoms with Gasteiger partial charge in [-0.3, -0.25) is 4.79 Å². The van der Waals surface area contributed by atoms with Crippen molar-refractivity contribution in [3.63, 3.8) is 0 Å². The van der Waals surface area contributed by atoms with E-state index in [1.54, 1.807) is 0 Å². The molecule has 2 aromatic rings. The fraction of sp³-hybridized carbons (Fsp3) is 0.567. The van der Waals surface area contributed by atoms with E-state index in [-0.39, 0.29) is 31.9 Å². The van der Waals surface area contributed by atoms with Crippen LogP contribution in [0.15, 0.2) is 36.4 Å². The summed E-state index contributed by atoms with van der Waals surface area (Å²) in [6.45, 7) is 7.58. The highest BCUT2D eigenvalue weighted by atomic mass is 35.5. The van der Waals surface area contributed by atoms with Gasteiger partial charge < -0.3 is 24.4 Å². The summed E-state index contributed by atoms with van der Waals surface area (Å²) in [6.07, 6.45) is 6.37. The Labute approximate surface area is 237 Å². The van der Waals surface area contributed by atoms with Crippen LogP contribution in [0, 0.1) is 0 Å². The Morgan fingerprint density at radius 2 is 1.53 bits per heavy atom. The predicted molar refractivity (Wildman–Crippen MR) is 153 cm³/mol. The number of halogens is 2. The Balaban J connectivity index is 2.06. The van der Waals surface area contributed by atoms with Crippen molar-refractivity contribution in [2.75, 3.05) is 19.8 Å². The highest BCUT2D eigenvalue weighted by molar-refractivity contribution is 6.37. The summed E-state index contributed by atoms with van der Waals surface area (Å²) in [5, 5.41) is 19.2. The van der Waals surface area contributed by atoms with Gasteiger partial charge in [-0.15, -0.1) is 0 Å². The third-order valence-electron chi connectivity index (χ3n) is 6.57. The minimum Gasteiger partial charge on any atom is -0.491 e. The molecule has 0 saturated heterocycles. The Morgan fingerprint density at radius 3 is 2.11 bits per heavy atom. The Bertz CT molecular complexity index is 970. The lowest BCUT2D eigenvalue weighted by Gasteiger charge is -2.27. The molecule has 0 heterocycles. The molecule has 0 aliphatic heterocycles. The van der Waals surface area contributed by atoms with Gasteiger partial charge in [0.2, 0.25) is 0 Å². The van der Waals surface area contributed by atoms with Gasteiger partial charge in [-0.2, -0.15) is 0 Å². The lowest BCUT2D eigenvalue weighted by molar-refractivity contribution is -0.148. The molecule has 0 amide bonds. The van der Waals surface area contributed by atoms with E-state index >= 15 is 0 Å². The molecule has 0 radical (unpaired) electrons. The van der Waals surface area contributed by atoms with Crippen LogP contribution < -0.4 is 9.47 Å². The molecule has 2 atom stereocenters. The van der Waals surface area contributed by atoms with E-state index in [4.69, 9.17) is 42.5 Å². The molecule has 0 fully saturated rings. The van der Waals surface area contributed by atoms with E-state index in [0.29, 0.717) is 21.5 Å². The van der Waals surface area contributed by atoms with Gasteiger partial charge >= 0.3 is 5.97 Å². The van der Waals surface area contributed by atoms with Gasteiger partial charge in [-0.05, 0) is 48.2 Å². The number of unbranched alkanes of at least 4 members (excludes halogenated alkanes) is 5. The van der Waals surface area contributed by atoms with Crippen LogP contribution in [0.4, 0.5) is 0 Å². The van der Waals surface area contributed by atoms with Crippen molar-refractivity contribution >= 4 is 29.2 Å². The highest BCUT2D eigenvalue weighted by Gasteiger charge is 2.26. The lowest BCUT2D eigenvalue weighted by atomic mass is 9.78. The minimum absolute atomic E-state index is 0.0171. The Morgan fingerprint density at radius 1 is 0.921 bits per heavy atom. The van der Waals surface area contributed by atoms with Crippen LogP contribution in [0.5, 0.6) is 11.5 Å². The van der Waals surface area contributed by atoms with Crippen molar-refractivity contribution in [1.29, 1.82) is 0 Å². The van der Waals surface area contributed by atoms with E-state index in [1.165, 1.54) is 32.6 Å². The summed E-state index contributed by atoms with van der Waals surface area (Å²) in [5.74, 6) is 0.638. The van der Waals surface area contributed by atoms with Crippen molar-refractivity contribution in [1.82, 2.24) is 0 Å².